The van der Waals surface area contributed by atoms with E-state index in [0.717, 1.165) is 47.9 Å². The van der Waals surface area contributed by atoms with E-state index in [1.165, 1.54) is 11.8 Å². The van der Waals surface area contributed by atoms with Crippen LogP contribution in [0.2, 0.25) is 5.02 Å². The molecule has 2 atom stereocenters. The smallest absolute Gasteiger partial charge is 0.237 e. The minimum absolute atomic E-state index is 0.0971. The Morgan fingerprint density at radius 1 is 1.27 bits per heavy atom. The van der Waals surface area contributed by atoms with E-state index in [2.05, 4.69) is 52.9 Å². The summed E-state index contributed by atoms with van der Waals surface area (Å²) in [6.07, 6.45) is 3.08. The number of halogens is 1. The Balaban J connectivity index is 2.22. The van der Waals surface area contributed by atoms with Crippen LogP contribution in [0.1, 0.15) is 63.0 Å². The highest BCUT2D eigenvalue weighted by Crippen LogP contribution is 2.31. The third kappa shape index (κ3) is 5.99. The van der Waals surface area contributed by atoms with E-state index >= 15 is 0 Å². The molecule has 0 saturated heterocycles. The molecule has 1 aromatic heterocycles. The van der Waals surface area contributed by atoms with Crippen LogP contribution in [0, 0.1) is 13.8 Å². The van der Waals surface area contributed by atoms with Gasteiger partial charge in [-0.05, 0) is 64.9 Å². The van der Waals surface area contributed by atoms with Crippen molar-refractivity contribution in [2.75, 3.05) is 19.4 Å². The monoisotopic (exact) mass is 451 g/mol. The van der Waals surface area contributed by atoms with Crippen LogP contribution < -0.4 is 5.32 Å². The predicted molar refractivity (Wildman–Crippen MR) is 127 cm³/mol. The van der Waals surface area contributed by atoms with Crippen LogP contribution in [-0.2, 0) is 11.3 Å². The zero-order chi connectivity index (χ0) is 22.4. The number of nitrogens with zero attached hydrogens (tertiary/aromatic N) is 4. The average molecular weight is 452 g/mol. The van der Waals surface area contributed by atoms with Gasteiger partial charge in [0.2, 0.25) is 5.91 Å². The molecule has 1 amide bonds. The molecule has 166 valence electrons. The second kappa shape index (κ2) is 11.2. The van der Waals surface area contributed by atoms with Gasteiger partial charge in [-0.3, -0.25) is 9.69 Å². The van der Waals surface area contributed by atoms with Gasteiger partial charge in [0.25, 0.3) is 0 Å². The number of anilines is 1. The maximum absolute atomic E-state index is 12.9. The molecular formula is C22H34ClN5OS. The summed E-state index contributed by atoms with van der Waals surface area (Å²) >= 11 is 7.80. The van der Waals surface area contributed by atoms with Crippen molar-refractivity contribution in [1.29, 1.82) is 0 Å². The maximum Gasteiger partial charge on any atom is 0.237 e. The van der Waals surface area contributed by atoms with Gasteiger partial charge in [0.15, 0.2) is 11.0 Å². The molecule has 2 rings (SSSR count). The fourth-order valence-corrected chi connectivity index (χ4v) is 4.70. The van der Waals surface area contributed by atoms with Gasteiger partial charge in [-0.25, -0.2) is 0 Å². The number of hydrogen-bond acceptors (Lipinski definition) is 5. The minimum Gasteiger partial charge on any atom is -0.324 e. The van der Waals surface area contributed by atoms with E-state index in [-0.39, 0.29) is 17.2 Å². The number of hydrogen-bond donors (Lipinski definition) is 1. The molecule has 2 aromatic rings. The quantitative estimate of drug-likeness (QED) is 0.484. The summed E-state index contributed by atoms with van der Waals surface area (Å²) in [7, 11) is 4.12. The van der Waals surface area contributed by atoms with Crippen LogP contribution in [0.25, 0.3) is 0 Å². The molecular weight excluding hydrogens is 418 g/mol. The highest BCUT2D eigenvalue weighted by atomic mass is 35.5. The molecule has 0 aliphatic carbocycles. The third-order valence-electron chi connectivity index (χ3n) is 5.12. The van der Waals surface area contributed by atoms with Gasteiger partial charge in [-0.1, -0.05) is 49.7 Å². The van der Waals surface area contributed by atoms with Crippen molar-refractivity contribution in [3.63, 3.8) is 0 Å². The first-order valence-corrected chi connectivity index (χ1v) is 11.8. The first-order chi connectivity index (χ1) is 14.2. The first-order valence-electron chi connectivity index (χ1n) is 10.5. The average Bonchev–Trinajstić information content (AvgIpc) is 3.05. The number of aromatic nitrogens is 3. The highest BCUT2D eigenvalue weighted by Gasteiger charge is 2.25. The number of nitrogens with one attached hydrogen (secondary N) is 1. The molecule has 1 N–H and O–H groups in total. The van der Waals surface area contributed by atoms with Crippen LogP contribution in [0.4, 0.5) is 5.69 Å². The number of carbonyl (C=O) groups is 1. The Morgan fingerprint density at radius 3 is 2.53 bits per heavy atom. The molecule has 0 fully saturated rings. The molecule has 0 aliphatic rings. The van der Waals surface area contributed by atoms with E-state index in [1.54, 1.807) is 0 Å². The first kappa shape index (κ1) is 24.7. The van der Waals surface area contributed by atoms with E-state index in [4.69, 9.17) is 11.6 Å². The molecule has 0 saturated carbocycles. The molecule has 6 nitrogen and oxygen atoms in total. The summed E-state index contributed by atoms with van der Waals surface area (Å²) in [5, 5.41) is 12.9. The molecule has 1 heterocycles. The Hall–Kier alpha value is -1.57. The van der Waals surface area contributed by atoms with Crippen LogP contribution in [0.5, 0.6) is 0 Å². The Kier molecular flexibility index (Phi) is 9.19. The van der Waals surface area contributed by atoms with Crippen molar-refractivity contribution >= 4 is 35.0 Å². The Morgan fingerprint density at radius 2 is 1.97 bits per heavy atom. The van der Waals surface area contributed by atoms with Gasteiger partial charge in [-0.2, -0.15) is 0 Å². The van der Waals surface area contributed by atoms with Gasteiger partial charge in [-0.15, -0.1) is 10.2 Å². The van der Waals surface area contributed by atoms with Crippen molar-refractivity contribution in [3.8, 4) is 0 Å². The lowest BCUT2D eigenvalue weighted by Crippen LogP contribution is -2.25. The second-order valence-corrected chi connectivity index (χ2v) is 9.64. The van der Waals surface area contributed by atoms with E-state index in [9.17, 15) is 4.79 Å². The largest absolute Gasteiger partial charge is 0.324 e. The molecule has 0 aliphatic heterocycles. The van der Waals surface area contributed by atoms with Gasteiger partial charge < -0.3 is 9.88 Å². The molecule has 0 radical (unpaired) electrons. The molecule has 0 bridgehead atoms. The zero-order valence-electron chi connectivity index (χ0n) is 19.1. The number of benzene rings is 1. The van der Waals surface area contributed by atoms with Crippen LogP contribution in [-0.4, -0.2) is 44.9 Å². The predicted octanol–water partition coefficient (Wildman–Crippen LogP) is 5.48. The molecule has 2 unspecified atom stereocenters. The summed E-state index contributed by atoms with van der Waals surface area (Å²) in [5.74, 6) is 0.864. The lowest BCUT2D eigenvalue weighted by atomic mass is 10.1. The van der Waals surface area contributed by atoms with E-state index < -0.39 is 0 Å². The van der Waals surface area contributed by atoms with E-state index in [1.807, 2.05) is 32.9 Å². The lowest BCUT2D eigenvalue weighted by molar-refractivity contribution is -0.115. The van der Waals surface area contributed by atoms with Crippen molar-refractivity contribution in [1.82, 2.24) is 19.7 Å². The molecule has 30 heavy (non-hydrogen) atoms. The number of carbonyl (C=O) groups excluding carboxylic acids is 1. The van der Waals surface area contributed by atoms with Crippen LogP contribution in [0.15, 0.2) is 17.3 Å². The molecule has 1 aromatic carbocycles. The van der Waals surface area contributed by atoms with Crippen molar-refractivity contribution in [2.45, 2.75) is 76.9 Å². The number of aryl methyl sites for hydroxylation is 2. The highest BCUT2D eigenvalue weighted by molar-refractivity contribution is 8.00. The molecule has 0 spiro atoms. The van der Waals surface area contributed by atoms with Crippen LogP contribution in [0.3, 0.4) is 0 Å². The van der Waals surface area contributed by atoms with Gasteiger partial charge >= 0.3 is 0 Å². The summed E-state index contributed by atoms with van der Waals surface area (Å²) < 4.78 is 2.18. The topological polar surface area (TPSA) is 63.1 Å². The van der Waals surface area contributed by atoms with Gasteiger partial charge in [0.05, 0.1) is 22.0 Å². The summed E-state index contributed by atoms with van der Waals surface area (Å²) in [5.41, 5.74) is 2.70. The second-order valence-electron chi connectivity index (χ2n) is 7.92. The van der Waals surface area contributed by atoms with E-state index in [0.29, 0.717) is 10.7 Å². The number of amides is 1. The summed E-state index contributed by atoms with van der Waals surface area (Å²) in [6.45, 7) is 11.0. The Bertz CT molecular complexity index is 844. The molecule has 8 heteroatoms. The summed E-state index contributed by atoms with van der Waals surface area (Å²) in [4.78, 5) is 15.0. The minimum atomic E-state index is -0.335. The maximum atomic E-state index is 12.9. The fraction of sp³-hybridized carbons (Fsp3) is 0.591. The lowest BCUT2D eigenvalue weighted by Gasteiger charge is -2.23. The van der Waals surface area contributed by atoms with Crippen LogP contribution >= 0.6 is 23.4 Å². The number of rotatable bonds is 10. The number of unbranched alkanes of at least 4 members (excludes halogenated alkanes) is 1. The zero-order valence-corrected chi connectivity index (χ0v) is 20.7. The fourth-order valence-electron chi connectivity index (χ4n) is 3.45. The normalized spacial score (nSPS) is 13.5. The van der Waals surface area contributed by atoms with Crippen molar-refractivity contribution < 1.29 is 4.79 Å². The SMILES string of the molecule is CCCCn1c(SC(C)C(=O)Nc2c(C)cc(C)cc2Cl)nnc1C(CC)N(C)C. The van der Waals surface area contributed by atoms with Gasteiger partial charge in [0.1, 0.15) is 0 Å². The Labute approximate surface area is 189 Å². The van der Waals surface area contributed by atoms with Gasteiger partial charge in [0, 0.05) is 6.54 Å². The van der Waals surface area contributed by atoms with Crippen molar-refractivity contribution in [3.05, 3.63) is 34.1 Å². The third-order valence-corrected chi connectivity index (χ3v) is 6.50. The number of thioether (sulfide) groups is 1. The summed E-state index contributed by atoms with van der Waals surface area (Å²) in [6, 6.07) is 4.07. The van der Waals surface area contributed by atoms with Crippen molar-refractivity contribution in [2.24, 2.45) is 0 Å². The standard InChI is InChI=1S/C22H34ClN5OS/c1-8-10-11-28-20(18(9-2)27(6)7)25-26-22(28)30-16(5)21(29)24-19-15(4)12-14(3)13-17(19)23/h12-13,16,18H,8-11H2,1-7H3,(H,24,29).